The van der Waals surface area contributed by atoms with E-state index in [0.29, 0.717) is 18.4 Å². The first-order chi connectivity index (χ1) is 11.2. The zero-order valence-electron chi connectivity index (χ0n) is 13.0. The van der Waals surface area contributed by atoms with Crippen LogP contribution >= 0.6 is 0 Å². The van der Waals surface area contributed by atoms with Gasteiger partial charge in [0, 0.05) is 17.5 Å². The van der Waals surface area contributed by atoms with Crippen LogP contribution in [0.5, 0.6) is 0 Å². The van der Waals surface area contributed by atoms with Crippen LogP contribution in [0.25, 0.3) is 10.9 Å². The third kappa shape index (κ3) is 2.52. The standard InChI is InChI=1S/C19H19NO3/c21-16-10-3-4-11-17(16)23-19(22)18-12-6-1-2-8-14(12)20-15-9-5-7-13(15)18/h1-2,6,8,17H,3-5,7,9-11H2. The zero-order chi connectivity index (χ0) is 15.8. The Bertz CT molecular complexity index is 797. The molecule has 4 rings (SSSR count). The molecule has 1 atom stereocenters. The highest BCUT2D eigenvalue weighted by Gasteiger charge is 2.30. The molecular weight excluding hydrogens is 290 g/mol. The van der Waals surface area contributed by atoms with Crippen LogP contribution in [0.2, 0.25) is 0 Å². The van der Waals surface area contributed by atoms with E-state index < -0.39 is 6.10 Å². The molecule has 1 fully saturated rings. The number of aromatic nitrogens is 1. The van der Waals surface area contributed by atoms with E-state index in [9.17, 15) is 9.59 Å². The summed E-state index contributed by atoms with van der Waals surface area (Å²) in [4.78, 5) is 29.5. The summed E-state index contributed by atoms with van der Waals surface area (Å²) in [5.41, 5.74) is 3.47. The fourth-order valence-corrected chi connectivity index (χ4v) is 3.71. The maximum Gasteiger partial charge on any atom is 0.339 e. The van der Waals surface area contributed by atoms with Crippen molar-refractivity contribution >= 4 is 22.7 Å². The van der Waals surface area contributed by atoms with E-state index in [4.69, 9.17) is 4.74 Å². The minimum atomic E-state index is -0.569. The number of para-hydroxylation sites is 1. The Morgan fingerprint density at radius 3 is 2.83 bits per heavy atom. The van der Waals surface area contributed by atoms with Crippen LogP contribution in [0.3, 0.4) is 0 Å². The van der Waals surface area contributed by atoms with Crippen LogP contribution in [0.15, 0.2) is 24.3 Å². The number of nitrogens with zero attached hydrogens (tertiary/aromatic N) is 1. The average molecular weight is 309 g/mol. The van der Waals surface area contributed by atoms with Crippen LogP contribution in [0.4, 0.5) is 0 Å². The molecule has 1 heterocycles. The van der Waals surface area contributed by atoms with Crippen molar-refractivity contribution in [3.63, 3.8) is 0 Å². The zero-order valence-corrected chi connectivity index (χ0v) is 13.0. The molecule has 2 aliphatic carbocycles. The molecule has 1 saturated carbocycles. The van der Waals surface area contributed by atoms with E-state index in [2.05, 4.69) is 4.98 Å². The van der Waals surface area contributed by atoms with Gasteiger partial charge >= 0.3 is 5.97 Å². The summed E-state index contributed by atoms with van der Waals surface area (Å²) in [7, 11) is 0. The lowest BCUT2D eigenvalue weighted by atomic mass is 9.96. The smallest absolute Gasteiger partial charge is 0.339 e. The fourth-order valence-electron chi connectivity index (χ4n) is 3.71. The van der Waals surface area contributed by atoms with E-state index in [1.807, 2.05) is 24.3 Å². The van der Waals surface area contributed by atoms with Gasteiger partial charge in [0.25, 0.3) is 0 Å². The quantitative estimate of drug-likeness (QED) is 0.798. The number of carbonyl (C=O) groups is 2. The van der Waals surface area contributed by atoms with Gasteiger partial charge in [-0.05, 0) is 50.2 Å². The second-order valence-corrected chi connectivity index (χ2v) is 6.39. The molecule has 0 amide bonds. The van der Waals surface area contributed by atoms with Gasteiger partial charge in [-0.15, -0.1) is 0 Å². The number of Topliss-reactive ketones (excluding diaryl/α,β-unsaturated/α-hetero) is 1. The van der Waals surface area contributed by atoms with Gasteiger partial charge < -0.3 is 4.74 Å². The van der Waals surface area contributed by atoms with Crippen molar-refractivity contribution in [2.75, 3.05) is 0 Å². The highest BCUT2D eigenvalue weighted by molar-refractivity contribution is 6.06. The highest BCUT2D eigenvalue weighted by Crippen LogP contribution is 2.31. The molecule has 1 unspecified atom stereocenters. The number of aryl methyl sites for hydroxylation is 1. The number of rotatable bonds is 2. The summed E-state index contributed by atoms with van der Waals surface area (Å²) in [6.45, 7) is 0. The highest BCUT2D eigenvalue weighted by atomic mass is 16.5. The van der Waals surface area contributed by atoms with E-state index in [1.165, 1.54) is 0 Å². The van der Waals surface area contributed by atoms with E-state index in [1.54, 1.807) is 0 Å². The second kappa shape index (κ2) is 5.76. The summed E-state index contributed by atoms with van der Waals surface area (Å²) in [5.74, 6) is -0.304. The van der Waals surface area contributed by atoms with Crippen molar-refractivity contribution in [3.05, 3.63) is 41.1 Å². The number of benzene rings is 1. The van der Waals surface area contributed by atoms with Gasteiger partial charge in [-0.3, -0.25) is 9.78 Å². The number of hydrogen-bond donors (Lipinski definition) is 0. The molecule has 118 valence electrons. The van der Waals surface area contributed by atoms with Gasteiger partial charge in [0.15, 0.2) is 11.9 Å². The predicted molar refractivity (Wildman–Crippen MR) is 86.4 cm³/mol. The maximum atomic E-state index is 12.8. The normalized spacial score (nSPS) is 20.5. The third-order valence-electron chi connectivity index (χ3n) is 4.87. The molecule has 2 aromatic rings. The van der Waals surface area contributed by atoms with Crippen molar-refractivity contribution in [3.8, 4) is 0 Å². The molecule has 0 saturated heterocycles. The van der Waals surface area contributed by atoms with Crippen LogP contribution in [-0.2, 0) is 22.4 Å². The number of ether oxygens (including phenoxy) is 1. The van der Waals surface area contributed by atoms with E-state index in [-0.39, 0.29) is 11.8 Å². The lowest BCUT2D eigenvalue weighted by molar-refractivity contribution is -0.129. The number of pyridine rings is 1. The minimum Gasteiger partial charge on any atom is -0.451 e. The van der Waals surface area contributed by atoms with E-state index in [0.717, 1.165) is 54.3 Å². The summed E-state index contributed by atoms with van der Waals surface area (Å²) in [5, 5.41) is 0.835. The Morgan fingerprint density at radius 1 is 1.09 bits per heavy atom. The number of esters is 1. The summed E-state index contributed by atoms with van der Waals surface area (Å²) >= 11 is 0. The summed E-state index contributed by atoms with van der Waals surface area (Å²) in [6.07, 6.45) is 5.23. The molecule has 4 heteroatoms. The van der Waals surface area contributed by atoms with Gasteiger partial charge in [0.1, 0.15) is 0 Å². The summed E-state index contributed by atoms with van der Waals surface area (Å²) in [6, 6.07) is 7.68. The van der Waals surface area contributed by atoms with Crippen LogP contribution < -0.4 is 0 Å². The Labute approximate surface area is 134 Å². The molecule has 0 radical (unpaired) electrons. The molecule has 2 aliphatic rings. The second-order valence-electron chi connectivity index (χ2n) is 6.39. The van der Waals surface area contributed by atoms with Gasteiger partial charge in [-0.2, -0.15) is 0 Å². The first-order valence-electron chi connectivity index (χ1n) is 8.38. The molecule has 1 aromatic carbocycles. The monoisotopic (exact) mass is 309 g/mol. The molecule has 0 N–H and O–H groups in total. The Morgan fingerprint density at radius 2 is 1.96 bits per heavy atom. The van der Waals surface area contributed by atoms with E-state index >= 15 is 0 Å². The lowest BCUT2D eigenvalue weighted by Crippen LogP contribution is -2.30. The molecular formula is C19H19NO3. The lowest BCUT2D eigenvalue weighted by Gasteiger charge is -2.21. The first kappa shape index (κ1) is 14.4. The summed E-state index contributed by atoms with van der Waals surface area (Å²) < 4.78 is 5.61. The number of fused-ring (bicyclic) bond motifs is 2. The molecule has 0 aliphatic heterocycles. The van der Waals surface area contributed by atoms with Crippen molar-refractivity contribution in [2.45, 2.75) is 51.0 Å². The number of carbonyl (C=O) groups excluding carboxylic acids is 2. The van der Waals surface area contributed by atoms with Crippen LogP contribution in [-0.4, -0.2) is 22.8 Å². The van der Waals surface area contributed by atoms with Crippen molar-refractivity contribution in [1.29, 1.82) is 0 Å². The third-order valence-corrected chi connectivity index (χ3v) is 4.87. The first-order valence-corrected chi connectivity index (χ1v) is 8.38. The molecule has 1 aromatic heterocycles. The molecule has 4 nitrogen and oxygen atoms in total. The number of hydrogen-bond acceptors (Lipinski definition) is 4. The van der Waals surface area contributed by atoms with Gasteiger partial charge in [0.05, 0.1) is 11.1 Å². The van der Waals surface area contributed by atoms with Crippen LogP contribution in [0.1, 0.15) is 53.7 Å². The number of ketones is 1. The SMILES string of the molecule is O=C(OC1CCCCC1=O)c1c2c(nc3ccccc13)CCC2. The van der Waals surface area contributed by atoms with Crippen molar-refractivity contribution in [1.82, 2.24) is 4.98 Å². The topological polar surface area (TPSA) is 56.3 Å². The Kier molecular flexibility index (Phi) is 3.60. The van der Waals surface area contributed by atoms with Crippen LogP contribution in [0, 0.1) is 0 Å². The molecule has 23 heavy (non-hydrogen) atoms. The predicted octanol–water partition coefficient (Wildman–Crippen LogP) is 3.39. The molecule has 0 bridgehead atoms. The van der Waals surface area contributed by atoms with Crippen molar-refractivity contribution in [2.24, 2.45) is 0 Å². The Balaban J connectivity index is 1.75. The average Bonchev–Trinajstić information content (AvgIpc) is 3.02. The molecule has 0 spiro atoms. The van der Waals surface area contributed by atoms with Crippen molar-refractivity contribution < 1.29 is 14.3 Å². The van der Waals surface area contributed by atoms with Gasteiger partial charge in [-0.25, -0.2) is 4.79 Å². The Hall–Kier alpha value is -2.23. The minimum absolute atomic E-state index is 0.0552. The largest absolute Gasteiger partial charge is 0.451 e. The van der Waals surface area contributed by atoms with Gasteiger partial charge in [-0.1, -0.05) is 18.2 Å². The maximum absolute atomic E-state index is 12.8. The fraction of sp³-hybridized carbons (Fsp3) is 0.421. The van der Waals surface area contributed by atoms with Gasteiger partial charge in [0.2, 0.25) is 0 Å².